The minimum absolute atomic E-state index is 0. The van der Waals surface area contributed by atoms with E-state index in [1.807, 2.05) is 18.2 Å². The molecule has 1 saturated heterocycles. The van der Waals surface area contributed by atoms with Gasteiger partial charge in [0.1, 0.15) is 0 Å². The van der Waals surface area contributed by atoms with Gasteiger partial charge >= 0.3 is 0 Å². The molecule has 1 aromatic rings. The number of nitrogens with one attached hydrogen (secondary N) is 1. The molecule has 1 heterocycles. The van der Waals surface area contributed by atoms with Gasteiger partial charge in [-0.3, -0.25) is 4.99 Å². The molecule has 0 aliphatic carbocycles. The van der Waals surface area contributed by atoms with Gasteiger partial charge in [0.15, 0.2) is 17.5 Å². The number of guanidine groups is 1. The number of hydrogen-bond acceptors (Lipinski definition) is 4. The molecule has 148 valence electrons. The summed E-state index contributed by atoms with van der Waals surface area (Å²) in [4.78, 5) is 7.09. The molecule has 3 N–H and O–H groups in total. The van der Waals surface area contributed by atoms with Gasteiger partial charge < -0.3 is 25.4 Å². The Bertz CT molecular complexity index is 581. The summed E-state index contributed by atoms with van der Waals surface area (Å²) in [7, 11) is 3.23. The second-order valence-electron chi connectivity index (χ2n) is 7.08. The Morgan fingerprint density at radius 1 is 1.31 bits per heavy atom. The molecule has 0 amide bonds. The zero-order valence-corrected chi connectivity index (χ0v) is 18.7. The Kier molecular flexibility index (Phi) is 10.1. The summed E-state index contributed by atoms with van der Waals surface area (Å²) in [5.41, 5.74) is 6.89. The highest BCUT2D eigenvalue weighted by molar-refractivity contribution is 14.0. The zero-order valence-electron chi connectivity index (χ0n) is 16.3. The van der Waals surface area contributed by atoms with Crippen LogP contribution in [0.4, 0.5) is 5.69 Å². The molecule has 26 heavy (non-hydrogen) atoms. The first kappa shape index (κ1) is 22.8. The normalized spacial score (nSPS) is 18.3. The molecule has 1 fully saturated rings. The number of rotatable bonds is 7. The summed E-state index contributed by atoms with van der Waals surface area (Å²) in [5.74, 6) is 3.08. The second kappa shape index (κ2) is 11.5. The Morgan fingerprint density at radius 3 is 2.69 bits per heavy atom. The van der Waals surface area contributed by atoms with Gasteiger partial charge in [-0.25, -0.2) is 0 Å². The summed E-state index contributed by atoms with van der Waals surface area (Å²) in [6.07, 6.45) is 2.47. The lowest BCUT2D eigenvalue weighted by atomic mass is 9.97. The van der Waals surface area contributed by atoms with E-state index in [1.54, 1.807) is 14.2 Å². The number of hydrogen-bond donors (Lipinski definition) is 2. The van der Waals surface area contributed by atoms with Crippen molar-refractivity contribution in [3.63, 3.8) is 0 Å². The van der Waals surface area contributed by atoms with Gasteiger partial charge in [-0.1, -0.05) is 13.8 Å². The molecule has 0 saturated carbocycles. The van der Waals surface area contributed by atoms with E-state index in [0.29, 0.717) is 29.3 Å². The van der Waals surface area contributed by atoms with Crippen LogP contribution in [-0.2, 0) is 0 Å². The van der Waals surface area contributed by atoms with Crippen LogP contribution in [-0.4, -0.2) is 51.3 Å². The van der Waals surface area contributed by atoms with Crippen molar-refractivity contribution in [1.29, 1.82) is 0 Å². The topological polar surface area (TPSA) is 72.1 Å². The van der Waals surface area contributed by atoms with Gasteiger partial charge in [0.25, 0.3) is 0 Å². The van der Waals surface area contributed by atoms with E-state index in [0.717, 1.165) is 18.8 Å². The molecule has 0 radical (unpaired) electrons. The number of halogens is 1. The Morgan fingerprint density at radius 2 is 2.04 bits per heavy atom. The number of aliphatic imine (C=N–C) groups is 1. The van der Waals surface area contributed by atoms with Crippen molar-refractivity contribution in [2.24, 2.45) is 22.6 Å². The SMILES string of the molecule is COc1ccc(NC(N)=NCC2CCCN(CC(C)C)C2)cc1OC.I. The third kappa shape index (κ3) is 7.19. The largest absolute Gasteiger partial charge is 0.493 e. The molecule has 6 nitrogen and oxygen atoms in total. The number of anilines is 1. The van der Waals surface area contributed by atoms with Gasteiger partial charge in [0.05, 0.1) is 14.2 Å². The van der Waals surface area contributed by atoms with Crippen LogP contribution in [0.25, 0.3) is 0 Å². The first-order valence-corrected chi connectivity index (χ1v) is 9.03. The Hall–Kier alpha value is -1.22. The van der Waals surface area contributed by atoms with Crippen LogP contribution in [0.5, 0.6) is 11.5 Å². The van der Waals surface area contributed by atoms with E-state index in [-0.39, 0.29) is 24.0 Å². The number of methoxy groups -OCH3 is 2. The molecular weight excluding hydrogens is 443 g/mol. The Labute approximate surface area is 174 Å². The van der Waals surface area contributed by atoms with E-state index >= 15 is 0 Å². The molecule has 0 bridgehead atoms. The van der Waals surface area contributed by atoms with Crippen molar-refractivity contribution >= 4 is 35.6 Å². The predicted molar refractivity (Wildman–Crippen MR) is 119 cm³/mol. The number of nitrogens with zero attached hydrogens (tertiary/aromatic N) is 2. The standard InChI is InChI=1S/C19H32N4O2.HI/c1-14(2)12-23-9-5-6-15(13-23)11-21-19(20)22-16-7-8-17(24-3)18(10-16)25-4;/h7-8,10,14-15H,5-6,9,11-13H2,1-4H3,(H3,20,21,22);1H. The number of piperidine rings is 1. The van der Waals surface area contributed by atoms with E-state index < -0.39 is 0 Å². The molecule has 0 aromatic heterocycles. The molecule has 1 aromatic carbocycles. The first-order chi connectivity index (χ1) is 12.0. The molecule has 1 aliphatic rings. The average Bonchev–Trinajstić information content (AvgIpc) is 2.59. The molecular formula is C19H33IN4O2. The minimum atomic E-state index is 0. The van der Waals surface area contributed by atoms with Crippen LogP contribution in [0.1, 0.15) is 26.7 Å². The molecule has 1 aliphatic heterocycles. The van der Waals surface area contributed by atoms with Crippen LogP contribution in [0.15, 0.2) is 23.2 Å². The lowest BCUT2D eigenvalue weighted by molar-refractivity contribution is 0.162. The predicted octanol–water partition coefficient (Wildman–Crippen LogP) is 3.42. The molecule has 2 rings (SSSR count). The molecule has 1 unspecified atom stereocenters. The zero-order chi connectivity index (χ0) is 18.2. The van der Waals surface area contributed by atoms with Crippen LogP contribution in [0.2, 0.25) is 0 Å². The van der Waals surface area contributed by atoms with Crippen LogP contribution < -0.4 is 20.5 Å². The van der Waals surface area contributed by atoms with E-state index in [9.17, 15) is 0 Å². The highest BCUT2D eigenvalue weighted by Gasteiger charge is 2.20. The van der Waals surface area contributed by atoms with Crippen LogP contribution in [0, 0.1) is 11.8 Å². The highest BCUT2D eigenvalue weighted by Crippen LogP contribution is 2.29. The van der Waals surface area contributed by atoms with Crippen LogP contribution in [0.3, 0.4) is 0 Å². The molecule has 0 spiro atoms. The van der Waals surface area contributed by atoms with Crippen molar-refractivity contribution in [3.05, 3.63) is 18.2 Å². The number of nitrogens with two attached hydrogens (primary N) is 1. The van der Waals surface area contributed by atoms with E-state index in [4.69, 9.17) is 15.2 Å². The second-order valence-corrected chi connectivity index (χ2v) is 7.08. The van der Waals surface area contributed by atoms with Gasteiger partial charge in [-0.2, -0.15) is 0 Å². The highest BCUT2D eigenvalue weighted by atomic mass is 127. The van der Waals surface area contributed by atoms with Crippen molar-refractivity contribution in [1.82, 2.24) is 4.90 Å². The quantitative estimate of drug-likeness (QED) is 0.359. The van der Waals surface area contributed by atoms with Gasteiger partial charge in [-0.05, 0) is 43.4 Å². The minimum Gasteiger partial charge on any atom is -0.493 e. The Balaban J connectivity index is 0.00000338. The third-order valence-corrected chi connectivity index (χ3v) is 4.40. The molecule has 1 atom stereocenters. The van der Waals surface area contributed by atoms with Gasteiger partial charge in [0, 0.05) is 31.4 Å². The summed E-state index contributed by atoms with van der Waals surface area (Å²) >= 11 is 0. The van der Waals surface area contributed by atoms with Crippen molar-refractivity contribution < 1.29 is 9.47 Å². The van der Waals surface area contributed by atoms with Crippen LogP contribution >= 0.6 is 24.0 Å². The van der Waals surface area contributed by atoms with Crippen molar-refractivity contribution in [3.8, 4) is 11.5 Å². The lowest BCUT2D eigenvalue weighted by Crippen LogP contribution is -2.39. The number of likely N-dealkylation sites (tertiary alicyclic amines) is 1. The van der Waals surface area contributed by atoms with Crippen molar-refractivity contribution in [2.75, 3.05) is 45.7 Å². The fourth-order valence-corrected chi connectivity index (χ4v) is 3.31. The summed E-state index contributed by atoms with van der Waals surface area (Å²) < 4.78 is 10.5. The molecule has 7 heteroatoms. The fraction of sp³-hybridized carbons (Fsp3) is 0.632. The maximum atomic E-state index is 6.05. The summed E-state index contributed by atoms with van der Waals surface area (Å²) in [6.45, 7) is 8.79. The number of ether oxygens (including phenoxy) is 2. The van der Waals surface area contributed by atoms with Crippen molar-refractivity contribution in [2.45, 2.75) is 26.7 Å². The average molecular weight is 476 g/mol. The summed E-state index contributed by atoms with van der Waals surface area (Å²) in [6, 6.07) is 5.60. The maximum Gasteiger partial charge on any atom is 0.193 e. The number of benzene rings is 1. The van der Waals surface area contributed by atoms with Gasteiger partial charge in [0.2, 0.25) is 0 Å². The lowest BCUT2D eigenvalue weighted by Gasteiger charge is -2.33. The summed E-state index contributed by atoms with van der Waals surface area (Å²) in [5, 5.41) is 3.13. The monoisotopic (exact) mass is 476 g/mol. The smallest absolute Gasteiger partial charge is 0.193 e. The van der Waals surface area contributed by atoms with Gasteiger partial charge in [-0.15, -0.1) is 24.0 Å². The third-order valence-electron chi connectivity index (χ3n) is 4.40. The fourth-order valence-electron chi connectivity index (χ4n) is 3.31. The van der Waals surface area contributed by atoms with E-state index in [2.05, 4.69) is 29.1 Å². The maximum absolute atomic E-state index is 6.05. The van der Waals surface area contributed by atoms with E-state index in [1.165, 1.54) is 25.9 Å². The first-order valence-electron chi connectivity index (χ1n) is 9.03.